The van der Waals surface area contributed by atoms with E-state index < -0.39 is 0 Å². The standard InChI is InChI=1S/C16H17NOS/c1-4-15(18)14-8-7-13(10-17-14)19-16-9-11(2)5-6-12(16)3/h5-10H,4H2,1-3H3. The lowest BCUT2D eigenvalue weighted by atomic mass is 10.2. The number of ketones is 1. The number of Topliss-reactive ketones (excluding diaryl/α,β-unsaturated/α-hetero) is 1. The van der Waals surface area contributed by atoms with Gasteiger partial charge in [-0.2, -0.15) is 0 Å². The van der Waals surface area contributed by atoms with Gasteiger partial charge in [0.2, 0.25) is 0 Å². The summed E-state index contributed by atoms with van der Waals surface area (Å²) in [5.74, 6) is 0.0864. The van der Waals surface area contributed by atoms with Crippen molar-refractivity contribution in [1.29, 1.82) is 0 Å². The highest BCUT2D eigenvalue weighted by atomic mass is 32.2. The van der Waals surface area contributed by atoms with E-state index in [0.29, 0.717) is 12.1 Å². The zero-order valence-electron chi connectivity index (χ0n) is 11.4. The number of carbonyl (C=O) groups excluding carboxylic acids is 1. The van der Waals surface area contributed by atoms with Crippen molar-refractivity contribution in [1.82, 2.24) is 4.98 Å². The lowest BCUT2D eigenvalue weighted by Gasteiger charge is -2.07. The number of aryl methyl sites for hydroxylation is 2. The molecule has 3 heteroatoms. The van der Waals surface area contributed by atoms with Crippen molar-refractivity contribution < 1.29 is 4.79 Å². The highest BCUT2D eigenvalue weighted by Gasteiger charge is 2.06. The number of nitrogens with zero attached hydrogens (tertiary/aromatic N) is 1. The molecule has 2 nitrogen and oxygen atoms in total. The van der Waals surface area contributed by atoms with Gasteiger partial charge in [-0.15, -0.1) is 0 Å². The smallest absolute Gasteiger partial charge is 0.180 e. The summed E-state index contributed by atoms with van der Waals surface area (Å²) >= 11 is 1.68. The Labute approximate surface area is 118 Å². The SMILES string of the molecule is CCC(=O)c1ccc(Sc2cc(C)ccc2C)cn1. The van der Waals surface area contributed by atoms with Crippen LogP contribution >= 0.6 is 11.8 Å². The second-order valence-corrected chi connectivity index (χ2v) is 5.64. The molecule has 2 rings (SSSR count). The summed E-state index contributed by atoms with van der Waals surface area (Å²) in [6.45, 7) is 6.04. The third-order valence-corrected chi connectivity index (χ3v) is 4.05. The first-order valence-electron chi connectivity index (χ1n) is 6.34. The van der Waals surface area contributed by atoms with Gasteiger partial charge in [-0.3, -0.25) is 9.78 Å². The van der Waals surface area contributed by atoms with Crippen molar-refractivity contribution in [2.24, 2.45) is 0 Å². The number of benzene rings is 1. The zero-order valence-corrected chi connectivity index (χ0v) is 12.3. The van der Waals surface area contributed by atoms with E-state index in [2.05, 4.69) is 37.0 Å². The molecule has 0 spiro atoms. The third kappa shape index (κ3) is 3.44. The molecular formula is C16H17NOS. The molecule has 0 aliphatic carbocycles. The summed E-state index contributed by atoms with van der Waals surface area (Å²) in [4.78, 5) is 18.0. The number of pyridine rings is 1. The van der Waals surface area contributed by atoms with E-state index in [4.69, 9.17) is 0 Å². The van der Waals surface area contributed by atoms with Crippen LogP contribution in [0.5, 0.6) is 0 Å². The number of hydrogen-bond donors (Lipinski definition) is 0. The molecule has 1 heterocycles. The Morgan fingerprint density at radius 2 is 2.00 bits per heavy atom. The van der Waals surface area contributed by atoms with Gasteiger partial charge in [0.05, 0.1) is 0 Å². The highest BCUT2D eigenvalue weighted by molar-refractivity contribution is 7.99. The molecule has 0 bridgehead atoms. The normalized spacial score (nSPS) is 10.5. The summed E-state index contributed by atoms with van der Waals surface area (Å²) in [5, 5.41) is 0. The van der Waals surface area contributed by atoms with Crippen molar-refractivity contribution in [2.75, 3.05) is 0 Å². The maximum atomic E-state index is 11.5. The van der Waals surface area contributed by atoms with Crippen LogP contribution in [0, 0.1) is 13.8 Å². The molecule has 0 amide bonds. The van der Waals surface area contributed by atoms with E-state index in [9.17, 15) is 4.79 Å². The summed E-state index contributed by atoms with van der Waals surface area (Å²) in [5.41, 5.74) is 3.05. The summed E-state index contributed by atoms with van der Waals surface area (Å²) in [6, 6.07) is 10.2. The predicted octanol–water partition coefficient (Wildman–Crippen LogP) is 4.44. The molecule has 0 fully saturated rings. The molecule has 0 unspecified atom stereocenters. The number of carbonyl (C=O) groups is 1. The second-order valence-electron chi connectivity index (χ2n) is 4.53. The van der Waals surface area contributed by atoms with Gasteiger partial charge in [0, 0.05) is 22.4 Å². The average molecular weight is 271 g/mol. The Balaban J connectivity index is 2.19. The van der Waals surface area contributed by atoms with Gasteiger partial charge >= 0.3 is 0 Å². The Morgan fingerprint density at radius 3 is 2.63 bits per heavy atom. The molecule has 0 saturated heterocycles. The van der Waals surface area contributed by atoms with E-state index in [0.717, 1.165) is 4.90 Å². The molecule has 0 atom stereocenters. The Hall–Kier alpha value is -1.61. The Morgan fingerprint density at radius 1 is 1.21 bits per heavy atom. The van der Waals surface area contributed by atoms with Crippen LogP contribution in [0.3, 0.4) is 0 Å². The summed E-state index contributed by atoms with van der Waals surface area (Å²) in [7, 11) is 0. The van der Waals surface area contributed by atoms with Gasteiger partial charge < -0.3 is 0 Å². The monoisotopic (exact) mass is 271 g/mol. The Bertz CT molecular complexity index is 590. The Kier molecular flexibility index (Phi) is 4.38. The third-order valence-electron chi connectivity index (χ3n) is 2.91. The van der Waals surface area contributed by atoms with Crippen molar-refractivity contribution in [3.63, 3.8) is 0 Å². The fourth-order valence-corrected chi connectivity index (χ4v) is 2.70. The van der Waals surface area contributed by atoms with Gasteiger partial charge in [0.1, 0.15) is 5.69 Å². The molecule has 2 aromatic rings. The van der Waals surface area contributed by atoms with Crippen LogP contribution in [0.2, 0.25) is 0 Å². The van der Waals surface area contributed by atoms with Crippen LogP contribution in [0.4, 0.5) is 0 Å². The maximum absolute atomic E-state index is 11.5. The molecule has 0 aliphatic rings. The largest absolute Gasteiger partial charge is 0.292 e. The fourth-order valence-electron chi connectivity index (χ4n) is 1.73. The van der Waals surface area contributed by atoms with Crippen molar-refractivity contribution in [3.05, 3.63) is 53.3 Å². The molecular weight excluding hydrogens is 254 g/mol. The van der Waals surface area contributed by atoms with E-state index in [-0.39, 0.29) is 5.78 Å². The van der Waals surface area contributed by atoms with Crippen LogP contribution in [-0.2, 0) is 0 Å². The minimum Gasteiger partial charge on any atom is -0.292 e. The van der Waals surface area contributed by atoms with Gasteiger partial charge in [0.15, 0.2) is 5.78 Å². The molecule has 98 valence electrons. The molecule has 0 saturated carbocycles. The average Bonchev–Trinajstić information content (AvgIpc) is 2.43. The van der Waals surface area contributed by atoms with E-state index >= 15 is 0 Å². The molecule has 0 N–H and O–H groups in total. The van der Waals surface area contributed by atoms with Crippen LogP contribution in [0.15, 0.2) is 46.3 Å². The van der Waals surface area contributed by atoms with E-state index in [1.54, 1.807) is 24.0 Å². The summed E-state index contributed by atoms with van der Waals surface area (Å²) in [6.07, 6.45) is 2.27. The molecule has 19 heavy (non-hydrogen) atoms. The summed E-state index contributed by atoms with van der Waals surface area (Å²) < 4.78 is 0. The maximum Gasteiger partial charge on any atom is 0.180 e. The first-order chi connectivity index (χ1) is 9.10. The highest BCUT2D eigenvalue weighted by Crippen LogP contribution is 2.30. The van der Waals surface area contributed by atoms with Gasteiger partial charge in [-0.1, -0.05) is 30.8 Å². The van der Waals surface area contributed by atoms with Crippen molar-refractivity contribution in [2.45, 2.75) is 37.0 Å². The second kappa shape index (κ2) is 6.02. The fraction of sp³-hybridized carbons (Fsp3) is 0.250. The molecule has 1 aromatic heterocycles. The van der Waals surface area contributed by atoms with Crippen LogP contribution in [-0.4, -0.2) is 10.8 Å². The van der Waals surface area contributed by atoms with Crippen LogP contribution in [0.25, 0.3) is 0 Å². The zero-order chi connectivity index (χ0) is 13.8. The quantitative estimate of drug-likeness (QED) is 0.770. The molecule has 1 aromatic carbocycles. The van der Waals surface area contributed by atoms with Crippen molar-refractivity contribution in [3.8, 4) is 0 Å². The van der Waals surface area contributed by atoms with Gasteiger partial charge in [-0.05, 0) is 43.2 Å². The van der Waals surface area contributed by atoms with Crippen LogP contribution < -0.4 is 0 Å². The molecule has 0 aliphatic heterocycles. The predicted molar refractivity (Wildman–Crippen MR) is 78.9 cm³/mol. The minimum absolute atomic E-state index is 0.0864. The first kappa shape index (κ1) is 13.8. The first-order valence-corrected chi connectivity index (χ1v) is 7.16. The lowest BCUT2D eigenvalue weighted by molar-refractivity contribution is 0.0983. The number of rotatable bonds is 4. The van der Waals surface area contributed by atoms with E-state index in [1.165, 1.54) is 16.0 Å². The van der Waals surface area contributed by atoms with Gasteiger partial charge in [-0.25, -0.2) is 0 Å². The lowest BCUT2D eigenvalue weighted by Crippen LogP contribution is -1.99. The van der Waals surface area contributed by atoms with E-state index in [1.807, 2.05) is 13.0 Å². The molecule has 0 radical (unpaired) electrons. The van der Waals surface area contributed by atoms with Crippen LogP contribution in [0.1, 0.15) is 35.0 Å². The topological polar surface area (TPSA) is 30.0 Å². The minimum atomic E-state index is 0.0864. The van der Waals surface area contributed by atoms with Crippen molar-refractivity contribution >= 4 is 17.5 Å². The van der Waals surface area contributed by atoms with Gasteiger partial charge in [0.25, 0.3) is 0 Å². The number of aromatic nitrogens is 1. The number of hydrogen-bond acceptors (Lipinski definition) is 3.